The number of nitrogens with one attached hydrogen (secondary N) is 1. The van der Waals surface area contributed by atoms with Crippen LogP contribution in [0.3, 0.4) is 0 Å². The fourth-order valence-electron chi connectivity index (χ4n) is 1.60. The lowest BCUT2D eigenvalue weighted by Crippen LogP contribution is -2.17. The minimum Gasteiger partial charge on any atom is -0.481 e. The zero-order valence-electron chi connectivity index (χ0n) is 8.77. The van der Waals surface area contributed by atoms with Crippen molar-refractivity contribution in [2.75, 3.05) is 18.5 Å². The first-order valence-corrected chi connectivity index (χ1v) is 5.13. The molecule has 0 atom stereocenters. The number of rotatable bonds is 4. The fourth-order valence-corrected chi connectivity index (χ4v) is 1.60. The molecule has 6 heteroatoms. The third-order valence-electron chi connectivity index (χ3n) is 2.40. The van der Waals surface area contributed by atoms with Crippen LogP contribution in [0.4, 0.5) is 5.82 Å². The van der Waals surface area contributed by atoms with E-state index in [2.05, 4.69) is 15.3 Å². The van der Waals surface area contributed by atoms with Crippen LogP contribution in [0.1, 0.15) is 17.7 Å². The summed E-state index contributed by atoms with van der Waals surface area (Å²) in [6, 6.07) is 0. The van der Waals surface area contributed by atoms with E-state index in [0.29, 0.717) is 25.6 Å². The molecule has 6 nitrogen and oxygen atoms in total. The minimum absolute atomic E-state index is 0.0691. The molecule has 0 aliphatic carbocycles. The third-order valence-corrected chi connectivity index (χ3v) is 2.40. The smallest absolute Gasteiger partial charge is 0.305 e. The summed E-state index contributed by atoms with van der Waals surface area (Å²) >= 11 is 0. The van der Waals surface area contributed by atoms with Crippen LogP contribution in [0.2, 0.25) is 0 Å². The third kappa shape index (κ3) is 2.46. The Kier molecular flexibility index (Phi) is 3.31. The molecule has 0 amide bonds. The standard InChI is InChI=1S/C10H13N3O3/c14-9(15)1-3-11-10-7-5-16-4-2-8(7)12-6-13-10/h6H,1-5H2,(H,14,15)(H,11,12,13). The van der Waals surface area contributed by atoms with Crippen molar-refractivity contribution in [1.29, 1.82) is 0 Å². The van der Waals surface area contributed by atoms with Crippen molar-refractivity contribution in [1.82, 2.24) is 9.97 Å². The van der Waals surface area contributed by atoms with Crippen molar-refractivity contribution in [3.63, 3.8) is 0 Å². The Morgan fingerprint density at radius 3 is 3.25 bits per heavy atom. The van der Waals surface area contributed by atoms with Gasteiger partial charge in [-0.25, -0.2) is 9.97 Å². The summed E-state index contributed by atoms with van der Waals surface area (Å²) in [5.74, 6) is -0.141. The van der Waals surface area contributed by atoms with E-state index in [1.165, 1.54) is 6.33 Å². The maximum atomic E-state index is 10.4. The first-order valence-electron chi connectivity index (χ1n) is 5.13. The second-order valence-corrected chi connectivity index (χ2v) is 3.52. The Labute approximate surface area is 92.7 Å². The average molecular weight is 223 g/mol. The molecule has 0 spiro atoms. The molecule has 0 radical (unpaired) electrons. The molecule has 0 aromatic carbocycles. The molecule has 2 heterocycles. The first kappa shape index (κ1) is 10.8. The number of carbonyl (C=O) groups is 1. The number of nitrogens with zero attached hydrogens (tertiary/aromatic N) is 2. The summed E-state index contributed by atoms with van der Waals surface area (Å²) in [6.45, 7) is 1.53. The average Bonchev–Trinajstić information content (AvgIpc) is 2.29. The zero-order chi connectivity index (χ0) is 11.4. The van der Waals surface area contributed by atoms with Gasteiger partial charge in [0, 0.05) is 18.5 Å². The highest BCUT2D eigenvalue weighted by atomic mass is 16.5. The van der Waals surface area contributed by atoms with E-state index in [9.17, 15) is 4.79 Å². The van der Waals surface area contributed by atoms with Crippen LogP contribution in [0.5, 0.6) is 0 Å². The predicted octanol–water partition coefficient (Wildman–Crippen LogP) is 0.436. The molecule has 0 unspecified atom stereocenters. The van der Waals surface area contributed by atoms with Crippen LogP contribution < -0.4 is 5.32 Å². The molecule has 0 bridgehead atoms. The van der Waals surface area contributed by atoms with Gasteiger partial charge in [-0.1, -0.05) is 0 Å². The van der Waals surface area contributed by atoms with Crippen molar-refractivity contribution in [3.05, 3.63) is 17.6 Å². The molecule has 2 N–H and O–H groups in total. The van der Waals surface area contributed by atoms with Gasteiger partial charge in [0.25, 0.3) is 0 Å². The van der Waals surface area contributed by atoms with Crippen molar-refractivity contribution in [2.24, 2.45) is 0 Å². The van der Waals surface area contributed by atoms with E-state index in [4.69, 9.17) is 9.84 Å². The number of hydrogen-bond donors (Lipinski definition) is 2. The monoisotopic (exact) mass is 223 g/mol. The van der Waals surface area contributed by atoms with Gasteiger partial charge in [-0.2, -0.15) is 0 Å². The number of anilines is 1. The highest BCUT2D eigenvalue weighted by molar-refractivity contribution is 5.67. The number of aliphatic carboxylic acids is 1. The topological polar surface area (TPSA) is 84.3 Å². The number of carboxylic acids is 1. The van der Waals surface area contributed by atoms with Gasteiger partial charge in [-0.3, -0.25) is 4.79 Å². The Balaban J connectivity index is 2.05. The first-order chi connectivity index (χ1) is 7.77. The van der Waals surface area contributed by atoms with Gasteiger partial charge in [-0.15, -0.1) is 0 Å². The van der Waals surface area contributed by atoms with Crippen LogP contribution in [0.25, 0.3) is 0 Å². The lowest BCUT2D eigenvalue weighted by atomic mass is 10.1. The second-order valence-electron chi connectivity index (χ2n) is 3.52. The van der Waals surface area contributed by atoms with E-state index in [-0.39, 0.29) is 6.42 Å². The highest BCUT2D eigenvalue weighted by Crippen LogP contribution is 2.20. The van der Waals surface area contributed by atoms with Crippen LogP contribution >= 0.6 is 0 Å². The van der Waals surface area contributed by atoms with Crippen LogP contribution in [-0.2, 0) is 22.6 Å². The van der Waals surface area contributed by atoms with Crippen molar-refractivity contribution in [3.8, 4) is 0 Å². The maximum absolute atomic E-state index is 10.4. The van der Waals surface area contributed by atoms with Crippen LogP contribution in [-0.4, -0.2) is 34.2 Å². The van der Waals surface area contributed by atoms with Crippen molar-refractivity contribution >= 4 is 11.8 Å². The molecule has 1 aromatic heterocycles. The number of aromatic nitrogens is 2. The van der Waals surface area contributed by atoms with Gasteiger partial charge in [0.15, 0.2) is 0 Å². The molecule has 1 aromatic rings. The molecule has 0 saturated heterocycles. The van der Waals surface area contributed by atoms with E-state index in [1.807, 2.05) is 0 Å². The lowest BCUT2D eigenvalue weighted by molar-refractivity contribution is -0.136. The van der Waals surface area contributed by atoms with Crippen LogP contribution in [0.15, 0.2) is 6.33 Å². The Bertz CT molecular complexity index is 395. The second kappa shape index (κ2) is 4.89. The van der Waals surface area contributed by atoms with E-state index < -0.39 is 5.97 Å². The molecule has 0 fully saturated rings. The number of ether oxygens (including phenoxy) is 1. The number of fused-ring (bicyclic) bond motifs is 1. The zero-order valence-corrected chi connectivity index (χ0v) is 8.77. The summed E-state index contributed by atoms with van der Waals surface area (Å²) in [7, 11) is 0. The van der Waals surface area contributed by atoms with Crippen molar-refractivity contribution in [2.45, 2.75) is 19.4 Å². The van der Waals surface area contributed by atoms with Gasteiger partial charge in [0.05, 0.1) is 25.3 Å². The normalized spacial score (nSPS) is 14.2. The number of hydrogen-bond acceptors (Lipinski definition) is 5. The largest absolute Gasteiger partial charge is 0.481 e. The summed E-state index contributed by atoms with van der Waals surface area (Å²) in [4.78, 5) is 18.7. The van der Waals surface area contributed by atoms with E-state index in [1.54, 1.807) is 0 Å². The van der Waals surface area contributed by atoms with Gasteiger partial charge < -0.3 is 15.2 Å². The fraction of sp³-hybridized carbons (Fsp3) is 0.500. The molecule has 1 aliphatic heterocycles. The summed E-state index contributed by atoms with van der Waals surface area (Å²) in [6.07, 6.45) is 2.35. The van der Waals surface area contributed by atoms with E-state index in [0.717, 1.165) is 17.7 Å². The lowest BCUT2D eigenvalue weighted by Gasteiger charge is -2.18. The summed E-state index contributed by atoms with van der Waals surface area (Å²) in [5.41, 5.74) is 1.93. The Morgan fingerprint density at radius 2 is 2.44 bits per heavy atom. The van der Waals surface area contributed by atoms with Gasteiger partial charge >= 0.3 is 5.97 Å². The predicted molar refractivity (Wildman–Crippen MR) is 56.1 cm³/mol. The van der Waals surface area contributed by atoms with Gasteiger partial charge in [-0.05, 0) is 0 Å². The summed E-state index contributed by atoms with van der Waals surface area (Å²) in [5, 5.41) is 11.5. The molecule has 2 rings (SSSR count). The molecule has 86 valence electrons. The molecule has 0 saturated carbocycles. The van der Waals surface area contributed by atoms with Crippen molar-refractivity contribution < 1.29 is 14.6 Å². The number of carboxylic acid groups (broad SMARTS) is 1. The van der Waals surface area contributed by atoms with Crippen LogP contribution in [0, 0.1) is 0 Å². The Morgan fingerprint density at radius 1 is 1.56 bits per heavy atom. The van der Waals surface area contributed by atoms with E-state index >= 15 is 0 Å². The molecular formula is C10H13N3O3. The highest BCUT2D eigenvalue weighted by Gasteiger charge is 2.15. The molecule has 16 heavy (non-hydrogen) atoms. The minimum atomic E-state index is -0.827. The summed E-state index contributed by atoms with van der Waals surface area (Å²) < 4.78 is 5.33. The quantitative estimate of drug-likeness (QED) is 0.770. The maximum Gasteiger partial charge on any atom is 0.305 e. The SMILES string of the molecule is O=C(O)CCNc1ncnc2c1COCC2. The Hall–Kier alpha value is -1.69. The molecule has 1 aliphatic rings. The van der Waals surface area contributed by atoms with Gasteiger partial charge in [0.2, 0.25) is 0 Å². The molecular weight excluding hydrogens is 210 g/mol. The van der Waals surface area contributed by atoms with Gasteiger partial charge in [0.1, 0.15) is 12.1 Å².